The van der Waals surface area contributed by atoms with Crippen molar-refractivity contribution < 1.29 is 4.74 Å². The number of nitrogens with zero attached hydrogens (tertiary/aromatic N) is 1. The van der Waals surface area contributed by atoms with Gasteiger partial charge in [0.05, 0.1) is 12.7 Å². The highest BCUT2D eigenvalue weighted by Crippen LogP contribution is 2.30. The minimum atomic E-state index is 0.346. The van der Waals surface area contributed by atoms with Gasteiger partial charge in [0.25, 0.3) is 0 Å². The summed E-state index contributed by atoms with van der Waals surface area (Å²) in [5.74, 6) is 1.05. The second-order valence-corrected chi connectivity index (χ2v) is 3.65. The summed E-state index contributed by atoms with van der Waals surface area (Å²) in [6.07, 6.45) is 0. The van der Waals surface area contributed by atoms with Crippen LogP contribution in [-0.2, 0) is 0 Å². The highest BCUT2D eigenvalue weighted by Gasteiger charge is 2.13. The van der Waals surface area contributed by atoms with Crippen molar-refractivity contribution in [2.45, 2.75) is 26.7 Å². The van der Waals surface area contributed by atoms with Gasteiger partial charge in [0.2, 0.25) is 0 Å². The van der Waals surface area contributed by atoms with Gasteiger partial charge in [-0.2, -0.15) is 5.26 Å². The second kappa shape index (κ2) is 4.15. The van der Waals surface area contributed by atoms with Crippen LogP contribution in [0.1, 0.15) is 36.5 Å². The maximum absolute atomic E-state index is 9.07. The quantitative estimate of drug-likeness (QED) is 0.716. The minimum Gasteiger partial charge on any atom is -0.495 e. The lowest BCUT2D eigenvalue weighted by molar-refractivity contribution is 0.409. The Hall–Kier alpha value is -1.49. The molecule has 0 aromatic heterocycles. The summed E-state index contributed by atoms with van der Waals surface area (Å²) in [5, 5.41) is 9.07. The molecule has 0 saturated heterocycles. The fourth-order valence-electron chi connectivity index (χ4n) is 1.56. The summed E-state index contributed by atoms with van der Waals surface area (Å²) in [6.45, 7) is 6.10. The third kappa shape index (κ3) is 1.72. The molecule has 0 atom stereocenters. The zero-order valence-corrected chi connectivity index (χ0v) is 9.09. The normalized spacial score (nSPS) is 10.0. The van der Waals surface area contributed by atoms with E-state index in [1.54, 1.807) is 7.11 Å². The molecule has 14 heavy (non-hydrogen) atoms. The number of hydrogen-bond acceptors (Lipinski definition) is 2. The monoisotopic (exact) mass is 189 g/mol. The summed E-state index contributed by atoms with van der Waals surface area (Å²) in [6, 6.07) is 6.21. The molecule has 1 aromatic rings. The molecule has 0 heterocycles. The average molecular weight is 189 g/mol. The number of nitriles is 1. The minimum absolute atomic E-state index is 0.346. The van der Waals surface area contributed by atoms with Crippen LogP contribution in [0.5, 0.6) is 5.75 Å². The Morgan fingerprint density at radius 3 is 2.43 bits per heavy atom. The lowest BCUT2D eigenvalue weighted by Gasteiger charge is -2.13. The molecule has 0 aliphatic rings. The molecule has 2 heteroatoms. The third-order valence-electron chi connectivity index (χ3n) is 2.32. The van der Waals surface area contributed by atoms with Crippen LogP contribution in [0.15, 0.2) is 12.1 Å². The van der Waals surface area contributed by atoms with Gasteiger partial charge in [-0.05, 0) is 24.0 Å². The van der Waals surface area contributed by atoms with Crippen LogP contribution in [0.4, 0.5) is 0 Å². The molecule has 0 fully saturated rings. The van der Waals surface area contributed by atoms with E-state index in [1.165, 1.54) is 0 Å². The van der Waals surface area contributed by atoms with Crippen molar-refractivity contribution in [1.82, 2.24) is 0 Å². The highest BCUT2D eigenvalue weighted by molar-refractivity contribution is 5.53. The van der Waals surface area contributed by atoms with E-state index in [0.29, 0.717) is 17.2 Å². The molecule has 0 spiro atoms. The van der Waals surface area contributed by atoms with E-state index < -0.39 is 0 Å². The Labute approximate surface area is 85.1 Å². The van der Waals surface area contributed by atoms with Crippen LogP contribution in [0.2, 0.25) is 0 Å². The fraction of sp³-hybridized carbons (Fsp3) is 0.417. The standard InChI is InChI=1S/C12H15NO/c1-8(2)10-6-5-9(3)12(14-4)11(10)7-13/h5-6,8H,1-4H3. The number of benzene rings is 1. The Balaban J connectivity index is 3.43. The third-order valence-corrected chi connectivity index (χ3v) is 2.32. The number of hydrogen-bond donors (Lipinski definition) is 0. The topological polar surface area (TPSA) is 33.0 Å². The van der Waals surface area contributed by atoms with E-state index in [0.717, 1.165) is 11.1 Å². The average Bonchev–Trinajstić information content (AvgIpc) is 2.16. The summed E-state index contributed by atoms with van der Waals surface area (Å²) >= 11 is 0. The van der Waals surface area contributed by atoms with Crippen LogP contribution < -0.4 is 4.74 Å². The van der Waals surface area contributed by atoms with Gasteiger partial charge in [-0.15, -0.1) is 0 Å². The van der Waals surface area contributed by atoms with Crippen LogP contribution in [0.3, 0.4) is 0 Å². The van der Waals surface area contributed by atoms with E-state index in [1.807, 2.05) is 19.1 Å². The number of rotatable bonds is 2. The smallest absolute Gasteiger partial charge is 0.139 e. The lowest BCUT2D eigenvalue weighted by atomic mass is 9.95. The van der Waals surface area contributed by atoms with E-state index in [2.05, 4.69) is 19.9 Å². The van der Waals surface area contributed by atoms with Crippen LogP contribution in [-0.4, -0.2) is 7.11 Å². The molecule has 0 N–H and O–H groups in total. The van der Waals surface area contributed by atoms with E-state index >= 15 is 0 Å². The summed E-state index contributed by atoms with van der Waals surface area (Å²) in [4.78, 5) is 0. The fourth-order valence-corrected chi connectivity index (χ4v) is 1.56. The maximum Gasteiger partial charge on any atom is 0.139 e. The Morgan fingerprint density at radius 2 is 2.00 bits per heavy atom. The van der Waals surface area contributed by atoms with Gasteiger partial charge in [-0.3, -0.25) is 0 Å². The first-order valence-electron chi connectivity index (χ1n) is 4.69. The van der Waals surface area contributed by atoms with Crippen LogP contribution in [0, 0.1) is 18.3 Å². The molecule has 1 aromatic carbocycles. The molecule has 0 radical (unpaired) electrons. The van der Waals surface area contributed by atoms with Gasteiger partial charge in [-0.25, -0.2) is 0 Å². The van der Waals surface area contributed by atoms with Gasteiger partial charge in [0.15, 0.2) is 0 Å². The van der Waals surface area contributed by atoms with Gasteiger partial charge in [-0.1, -0.05) is 26.0 Å². The first-order chi connectivity index (χ1) is 6.61. The molecule has 0 saturated carbocycles. The van der Waals surface area contributed by atoms with Crippen molar-refractivity contribution in [2.24, 2.45) is 0 Å². The maximum atomic E-state index is 9.07. The van der Waals surface area contributed by atoms with E-state index in [4.69, 9.17) is 10.00 Å². The molecule has 0 unspecified atom stereocenters. The van der Waals surface area contributed by atoms with Crippen LogP contribution >= 0.6 is 0 Å². The van der Waals surface area contributed by atoms with Gasteiger partial charge >= 0.3 is 0 Å². The van der Waals surface area contributed by atoms with Gasteiger partial charge in [0.1, 0.15) is 11.8 Å². The van der Waals surface area contributed by atoms with E-state index in [9.17, 15) is 0 Å². The van der Waals surface area contributed by atoms with Crippen molar-refractivity contribution in [3.8, 4) is 11.8 Å². The van der Waals surface area contributed by atoms with Crippen LogP contribution in [0.25, 0.3) is 0 Å². The van der Waals surface area contributed by atoms with E-state index in [-0.39, 0.29) is 0 Å². The molecule has 2 nitrogen and oxygen atoms in total. The van der Waals surface area contributed by atoms with Crippen molar-refractivity contribution in [2.75, 3.05) is 7.11 Å². The molecule has 0 aliphatic carbocycles. The lowest BCUT2D eigenvalue weighted by Crippen LogP contribution is -1.98. The number of aryl methyl sites for hydroxylation is 1. The van der Waals surface area contributed by atoms with Crippen molar-refractivity contribution in [1.29, 1.82) is 5.26 Å². The number of methoxy groups -OCH3 is 1. The zero-order chi connectivity index (χ0) is 10.7. The Morgan fingerprint density at radius 1 is 1.36 bits per heavy atom. The Kier molecular flexibility index (Phi) is 3.14. The van der Waals surface area contributed by atoms with Gasteiger partial charge < -0.3 is 4.74 Å². The molecule has 74 valence electrons. The molecule has 0 aliphatic heterocycles. The number of ether oxygens (including phenoxy) is 1. The van der Waals surface area contributed by atoms with Crippen molar-refractivity contribution >= 4 is 0 Å². The summed E-state index contributed by atoms with van der Waals surface area (Å²) < 4.78 is 5.24. The first-order valence-corrected chi connectivity index (χ1v) is 4.69. The SMILES string of the molecule is COc1c(C)ccc(C(C)C)c1C#N. The largest absolute Gasteiger partial charge is 0.495 e. The van der Waals surface area contributed by atoms with Crippen molar-refractivity contribution in [3.63, 3.8) is 0 Å². The molecule has 1 rings (SSSR count). The zero-order valence-electron chi connectivity index (χ0n) is 9.09. The van der Waals surface area contributed by atoms with Gasteiger partial charge in [0, 0.05) is 0 Å². The van der Waals surface area contributed by atoms with Crippen molar-refractivity contribution in [3.05, 3.63) is 28.8 Å². The predicted molar refractivity (Wildman–Crippen MR) is 56.5 cm³/mol. The molecule has 0 amide bonds. The first kappa shape index (κ1) is 10.6. The Bertz CT molecular complexity index is 375. The molecular formula is C12H15NO. The second-order valence-electron chi connectivity index (χ2n) is 3.65. The predicted octanol–water partition coefficient (Wildman–Crippen LogP) is 3.00. The molecular weight excluding hydrogens is 174 g/mol. The molecule has 0 bridgehead atoms. The summed E-state index contributed by atoms with van der Waals surface area (Å²) in [5.41, 5.74) is 2.73. The summed E-state index contributed by atoms with van der Waals surface area (Å²) in [7, 11) is 1.60. The highest BCUT2D eigenvalue weighted by atomic mass is 16.5.